The van der Waals surface area contributed by atoms with Crippen molar-refractivity contribution in [2.45, 2.75) is 12.2 Å². The second kappa shape index (κ2) is 5.78. The molecule has 0 fully saturated rings. The molecule has 0 bridgehead atoms. The largest absolute Gasteiger partial charge is 0.435 e. The monoisotopic (exact) mass is 251 g/mol. The summed E-state index contributed by atoms with van der Waals surface area (Å²) in [5, 5.41) is 18.0. The summed E-state index contributed by atoms with van der Waals surface area (Å²) in [7, 11) is 1.45. The zero-order valence-electron chi connectivity index (χ0n) is 9.03. The second-order valence-corrected chi connectivity index (χ2v) is 3.28. The number of aliphatic hydroxyl groups excluding tert-OH is 1. The van der Waals surface area contributed by atoms with Crippen LogP contribution in [0.4, 0.5) is 19.0 Å². The molecular formula is C9H12F3N3O2. The SMILES string of the molecule is COCC(CO)Nc1ccc(C(F)(F)F)nn1. The normalized spacial score (nSPS) is 13.5. The molecule has 0 aromatic carbocycles. The Labute approximate surface area is 95.6 Å². The van der Waals surface area contributed by atoms with Crippen molar-refractivity contribution >= 4 is 5.82 Å². The molecule has 1 aromatic heterocycles. The number of hydrogen-bond acceptors (Lipinski definition) is 5. The number of ether oxygens (including phenoxy) is 1. The molecule has 0 saturated heterocycles. The molecule has 0 aliphatic carbocycles. The van der Waals surface area contributed by atoms with E-state index in [0.29, 0.717) is 0 Å². The Bertz CT molecular complexity index is 342. The van der Waals surface area contributed by atoms with Crippen LogP contribution in [-0.2, 0) is 10.9 Å². The van der Waals surface area contributed by atoms with Gasteiger partial charge >= 0.3 is 6.18 Å². The van der Waals surface area contributed by atoms with Crippen LogP contribution in [0.3, 0.4) is 0 Å². The van der Waals surface area contributed by atoms with Gasteiger partial charge in [0.05, 0.1) is 19.3 Å². The van der Waals surface area contributed by atoms with Crippen molar-refractivity contribution in [1.29, 1.82) is 0 Å². The fraction of sp³-hybridized carbons (Fsp3) is 0.556. The highest BCUT2D eigenvalue weighted by Crippen LogP contribution is 2.27. The van der Waals surface area contributed by atoms with Gasteiger partial charge in [0.2, 0.25) is 0 Å². The standard InChI is InChI=1S/C9H12F3N3O2/c1-17-5-6(4-16)13-8-3-2-7(14-15-8)9(10,11)12/h2-3,6,16H,4-5H2,1H3,(H,13,15). The Morgan fingerprint density at radius 3 is 2.53 bits per heavy atom. The molecule has 1 heterocycles. The summed E-state index contributed by atoms with van der Waals surface area (Å²) < 4.78 is 41.4. The third kappa shape index (κ3) is 4.16. The Balaban J connectivity index is 2.68. The Morgan fingerprint density at radius 2 is 2.12 bits per heavy atom. The molecule has 1 atom stereocenters. The van der Waals surface area contributed by atoms with Crippen molar-refractivity contribution in [3.63, 3.8) is 0 Å². The molecule has 8 heteroatoms. The third-order valence-corrected chi connectivity index (χ3v) is 1.90. The van der Waals surface area contributed by atoms with E-state index in [9.17, 15) is 13.2 Å². The van der Waals surface area contributed by atoms with Crippen molar-refractivity contribution in [3.05, 3.63) is 17.8 Å². The number of alkyl halides is 3. The Hall–Kier alpha value is -1.41. The Kier molecular flexibility index (Phi) is 4.64. The summed E-state index contributed by atoms with van der Waals surface area (Å²) >= 11 is 0. The highest BCUT2D eigenvalue weighted by molar-refractivity contribution is 5.34. The molecular weight excluding hydrogens is 239 g/mol. The predicted octanol–water partition coefficient (Wildman–Crippen LogP) is 0.915. The summed E-state index contributed by atoms with van der Waals surface area (Å²) in [6.45, 7) is -0.0181. The molecule has 2 N–H and O–H groups in total. The number of rotatable bonds is 5. The van der Waals surface area contributed by atoms with Gasteiger partial charge in [0.25, 0.3) is 0 Å². The van der Waals surface area contributed by atoms with Crippen molar-refractivity contribution in [2.75, 3.05) is 25.6 Å². The first-order chi connectivity index (χ1) is 7.97. The fourth-order valence-corrected chi connectivity index (χ4v) is 1.11. The van der Waals surface area contributed by atoms with Crippen LogP contribution in [0, 0.1) is 0 Å². The molecule has 96 valence electrons. The van der Waals surface area contributed by atoms with Crippen LogP contribution in [0.1, 0.15) is 5.69 Å². The molecule has 0 aliphatic rings. The van der Waals surface area contributed by atoms with E-state index in [0.717, 1.165) is 12.1 Å². The van der Waals surface area contributed by atoms with Gasteiger partial charge in [-0.1, -0.05) is 0 Å². The molecule has 17 heavy (non-hydrogen) atoms. The summed E-state index contributed by atoms with van der Waals surface area (Å²) in [4.78, 5) is 0. The van der Waals surface area contributed by atoms with Crippen LogP contribution in [-0.4, -0.2) is 41.7 Å². The van der Waals surface area contributed by atoms with Crippen LogP contribution in [0.5, 0.6) is 0 Å². The van der Waals surface area contributed by atoms with E-state index >= 15 is 0 Å². The highest BCUT2D eigenvalue weighted by atomic mass is 19.4. The van der Waals surface area contributed by atoms with E-state index in [1.807, 2.05) is 0 Å². The number of anilines is 1. The number of halogens is 3. The predicted molar refractivity (Wildman–Crippen MR) is 53.4 cm³/mol. The molecule has 0 radical (unpaired) electrons. The first-order valence-electron chi connectivity index (χ1n) is 4.74. The van der Waals surface area contributed by atoms with E-state index in [-0.39, 0.29) is 19.0 Å². The maximum Gasteiger partial charge on any atom is 0.435 e. The quantitative estimate of drug-likeness (QED) is 0.814. The zero-order valence-corrected chi connectivity index (χ0v) is 9.03. The topological polar surface area (TPSA) is 67.3 Å². The fourth-order valence-electron chi connectivity index (χ4n) is 1.11. The van der Waals surface area contributed by atoms with E-state index in [2.05, 4.69) is 15.5 Å². The molecule has 1 rings (SSSR count). The maximum absolute atomic E-state index is 12.2. The van der Waals surface area contributed by atoms with Crippen LogP contribution < -0.4 is 5.32 Å². The van der Waals surface area contributed by atoms with Crippen LogP contribution in [0.15, 0.2) is 12.1 Å². The average molecular weight is 251 g/mol. The number of aliphatic hydroxyl groups is 1. The summed E-state index contributed by atoms with van der Waals surface area (Å²) in [6.07, 6.45) is -4.51. The first-order valence-corrected chi connectivity index (χ1v) is 4.74. The van der Waals surface area contributed by atoms with E-state index in [1.165, 1.54) is 7.11 Å². The Morgan fingerprint density at radius 1 is 1.41 bits per heavy atom. The lowest BCUT2D eigenvalue weighted by molar-refractivity contribution is -0.141. The van der Waals surface area contributed by atoms with Gasteiger partial charge in [-0.25, -0.2) is 0 Å². The molecule has 1 aromatic rings. The summed E-state index contributed by atoms with van der Waals surface area (Å²) in [6, 6.07) is 1.52. The minimum absolute atomic E-state index is 0.147. The molecule has 5 nitrogen and oxygen atoms in total. The number of aromatic nitrogens is 2. The molecule has 0 amide bonds. The first kappa shape index (κ1) is 13.7. The number of hydrogen-bond donors (Lipinski definition) is 2. The van der Waals surface area contributed by atoms with Crippen LogP contribution >= 0.6 is 0 Å². The highest BCUT2D eigenvalue weighted by Gasteiger charge is 2.32. The van der Waals surface area contributed by atoms with E-state index in [4.69, 9.17) is 9.84 Å². The lowest BCUT2D eigenvalue weighted by atomic mass is 10.3. The number of methoxy groups -OCH3 is 1. The van der Waals surface area contributed by atoms with E-state index in [1.54, 1.807) is 0 Å². The summed E-state index contributed by atoms with van der Waals surface area (Å²) in [5.41, 5.74) is -1.06. The van der Waals surface area contributed by atoms with Gasteiger partial charge in [-0.05, 0) is 12.1 Å². The number of nitrogens with zero attached hydrogens (tertiary/aromatic N) is 2. The molecule has 0 spiro atoms. The van der Waals surface area contributed by atoms with Gasteiger partial charge in [0.1, 0.15) is 5.82 Å². The van der Waals surface area contributed by atoms with Gasteiger partial charge < -0.3 is 15.2 Å². The molecule has 0 aliphatic heterocycles. The molecule has 1 unspecified atom stereocenters. The lowest BCUT2D eigenvalue weighted by Crippen LogP contribution is -2.29. The van der Waals surface area contributed by atoms with Gasteiger partial charge in [-0.2, -0.15) is 13.2 Å². The summed E-state index contributed by atoms with van der Waals surface area (Å²) in [5.74, 6) is 0.147. The second-order valence-electron chi connectivity index (χ2n) is 3.28. The van der Waals surface area contributed by atoms with Crippen molar-refractivity contribution in [2.24, 2.45) is 0 Å². The van der Waals surface area contributed by atoms with Crippen LogP contribution in [0.2, 0.25) is 0 Å². The van der Waals surface area contributed by atoms with Crippen molar-refractivity contribution in [3.8, 4) is 0 Å². The van der Waals surface area contributed by atoms with Gasteiger partial charge in [-0.3, -0.25) is 0 Å². The van der Waals surface area contributed by atoms with Crippen LogP contribution in [0.25, 0.3) is 0 Å². The van der Waals surface area contributed by atoms with E-state index < -0.39 is 17.9 Å². The minimum Gasteiger partial charge on any atom is -0.394 e. The third-order valence-electron chi connectivity index (χ3n) is 1.90. The van der Waals surface area contributed by atoms with Gasteiger partial charge in [-0.15, -0.1) is 10.2 Å². The van der Waals surface area contributed by atoms with Gasteiger partial charge in [0, 0.05) is 7.11 Å². The minimum atomic E-state index is -4.51. The van der Waals surface area contributed by atoms with Crippen molar-refractivity contribution < 1.29 is 23.0 Å². The molecule has 0 saturated carbocycles. The van der Waals surface area contributed by atoms with Gasteiger partial charge in [0.15, 0.2) is 5.69 Å². The maximum atomic E-state index is 12.2. The number of nitrogens with one attached hydrogen (secondary N) is 1. The lowest BCUT2D eigenvalue weighted by Gasteiger charge is -2.15. The average Bonchev–Trinajstić information content (AvgIpc) is 2.28. The van der Waals surface area contributed by atoms with Crippen molar-refractivity contribution in [1.82, 2.24) is 10.2 Å². The zero-order chi connectivity index (χ0) is 12.9. The smallest absolute Gasteiger partial charge is 0.394 e.